The van der Waals surface area contributed by atoms with Gasteiger partial charge >= 0.3 is 0 Å². The van der Waals surface area contributed by atoms with Crippen molar-refractivity contribution in [3.8, 4) is 0 Å². The van der Waals surface area contributed by atoms with E-state index in [0.29, 0.717) is 24.2 Å². The third kappa shape index (κ3) is 3.22. The maximum atomic E-state index is 12.5. The van der Waals surface area contributed by atoms with Crippen molar-refractivity contribution in [1.82, 2.24) is 4.90 Å². The molecule has 7 heteroatoms. The summed E-state index contributed by atoms with van der Waals surface area (Å²) in [6.45, 7) is 2.24. The van der Waals surface area contributed by atoms with E-state index in [1.807, 2.05) is 53.4 Å². The van der Waals surface area contributed by atoms with Crippen LogP contribution in [0.15, 0.2) is 66.6 Å². The second kappa shape index (κ2) is 7.46. The Labute approximate surface area is 185 Å². The molecule has 1 aromatic heterocycles. The molecule has 7 nitrogen and oxygen atoms in total. The average Bonchev–Trinajstić information content (AvgIpc) is 3.10. The second-order valence-electron chi connectivity index (χ2n) is 8.56. The number of amides is 1. The number of hydrogen-bond donors (Lipinski definition) is 2. The Hall–Kier alpha value is -3.71. The fraction of sp³-hybridized carbons (Fsp3) is 0.240. The van der Waals surface area contributed by atoms with Gasteiger partial charge in [-0.05, 0) is 47.4 Å². The smallest absolute Gasteiger partial charge is 0.235 e. The van der Waals surface area contributed by atoms with Crippen molar-refractivity contribution in [2.75, 3.05) is 5.73 Å². The number of carbonyl (C=O) groups excluding carboxylic acids is 2. The molecule has 3 heterocycles. The van der Waals surface area contributed by atoms with E-state index < -0.39 is 18.0 Å². The Morgan fingerprint density at radius 2 is 1.91 bits per heavy atom. The van der Waals surface area contributed by atoms with Gasteiger partial charge in [-0.25, -0.2) is 4.57 Å². The van der Waals surface area contributed by atoms with E-state index in [4.69, 9.17) is 5.73 Å². The van der Waals surface area contributed by atoms with E-state index in [-0.39, 0.29) is 17.6 Å². The number of aliphatic hydroxyl groups excluding tert-OH is 1. The fourth-order valence-corrected chi connectivity index (χ4v) is 4.88. The molecule has 2 aliphatic rings. The minimum Gasteiger partial charge on any atom is -0.543 e. The van der Waals surface area contributed by atoms with Crippen LogP contribution in [0.1, 0.15) is 24.5 Å². The van der Waals surface area contributed by atoms with Gasteiger partial charge in [-0.15, -0.1) is 0 Å². The molecule has 3 N–H and O–H groups in total. The maximum absolute atomic E-state index is 12.5. The molecule has 0 spiro atoms. The third-order valence-corrected chi connectivity index (χ3v) is 6.46. The van der Waals surface area contributed by atoms with Crippen LogP contribution in [0.3, 0.4) is 0 Å². The number of pyridine rings is 1. The minimum absolute atomic E-state index is 0.0789. The van der Waals surface area contributed by atoms with E-state index in [0.717, 1.165) is 21.9 Å². The van der Waals surface area contributed by atoms with Crippen molar-refractivity contribution in [2.45, 2.75) is 32.0 Å². The van der Waals surface area contributed by atoms with E-state index in [2.05, 4.69) is 12.1 Å². The SMILES string of the molecule is C[C@@H](O)[C@H]1C(=O)N2C(C(=O)[O-])=C(c3ccc4ccc(C[n+]5ccc(N)cc5)cc4c3)C[C@H]12. The summed E-state index contributed by atoms with van der Waals surface area (Å²) in [6, 6.07) is 15.3. The fourth-order valence-electron chi connectivity index (χ4n) is 4.88. The number of β-lactam (4-membered cyclic amide) rings is 1. The van der Waals surface area contributed by atoms with Crippen LogP contribution in [-0.2, 0) is 16.1 Å². The number of anilines is 1. The molecule has 3 aromatic rings. The number of carbonyl (C=O) groups is 2. The monoisotopic (exact) mass is 429 g/mol. The first kappa shape index (κ1) is 20.2. The van der Waals surface area contributed by atoms with Crippen LogP contribution >= 0.6 is 0 Å². The molecule has 1 amide bonds. The van der Waals surface area contributed by atoms with Gasteiger partial charge in [-0.1, -0.05) is 24.3 Å². The summed E-state index contributed by atoms with van der Waals surface area (Å²) < 4.78 is 2.03. The van der Waals surface area contributed by atoms with Crippen LogP contribution in [0.2, 0.25) is 0 Å². The van der Waals surface area contributed by atoms with Crippen molar-refractivity contribution in [3.63, 3.8) is 0 Å². The largest absolute Gasteiger partial charge is 0.543 e. The first-order valence-electron chi connectivity index (χ1n) is 10.6. The summed E-state index contributed by atoms with van der Waals surface area (Å²) in [5, 5.41) is 23.9. The molecule has 162 valence electrons. The Morgan fingerprint density at radius 1 is 1.19 bits per heavy atom. The Bertz CT molecular complexity index is 1280. The highest BCUT2D eigenvalue weighted by molar-refractivity contribution is 6.06. The predicted octanol–water partition coefficient (Wildman–Crippen LogP) is 0.830. The first-order valence-corrected chi connectivity index (χ1v) is 10.6. The van der Waals surface area contributed by atoms with Crippen LogP contribution in [0.25, 0.3) is 16.3 Å². The lowest BCUT2D eigenvalue weighted by Gasteiger charge is -2.45. The highest BCUT2D eigenvalue weighted by Crippen LogP contribution is 2.46. The van der Waals surface area contributed by atoms with Crippen LogP contribution in [-0.4, -0.2) is 34.0 Å². The highest BCUT2D eigenvalue weighted by atomic mass is 16.4. The van der Waals surface area contributed by atoms with Gasteiger partial charge < -0.3 is 25.6 Å². The zero-order chi connectivity index (χ0) is 22.6. The van der Waals surface area contributed by atoms with Crippen molar-refractivity contribution in [3.05, 3.63) is 77.7 Å². The molecular weight excluding hydrogens is 406 g/mol. The molecule has 0 saturated carbocycles. The molecular formula is C25H23N3O4. The van der Waals surface area contributed by atoms with Gasteiger partial charge in [0.15, 0.2) is 18.9 Å². The van der Waals surface area contributed by atoms with Gasteiger partial charge in [0.1, 0.15) is 0 Å². The molecule has 0 unspecified atom stereocenters. The van der Waals surface area contributed by atoms with Crippen molar-refractivity contribution in [2.24, 2.45) is 5.92 Å². The van der Waals surface area contributed by atoms with Crippen LogP contribution in [0.4, 0.5) is 5.69 Å². The molecule has 0 aliphatic carbocycles. The molecule has 1 saturated heterocycles. The number of carboxylic acid groups (broad SMARTS) is 1. The number of nitrogens with two attached hydrogens (primary N) is 1. The standard InChI is InChI=1S/C25H23N3O4/c1-14(29)22-21-12-20(23(25(31)32)28(21)24(22)30)17-5-4-16-3-2-15(10-18(16)11-17)13-27-8-6-19(26)7-9-27/h2-11,14,21-22,26,29H,12-13H2,1H3,(H,31,32)/t14-,21-,22-/m1/s1. The molecule has 3 atom stereocenters. The van der Waals surface area contributed by atoms with Crippen molar-refractivity contribution in [1.29, 1.82) is 0 Å². The molecule has 0 radical (unpaired) electrons. The Kier molecular flexibility index (Phi) is 4.71. The quantitative estimate of drug-likeness (QED) is 0.461. The van der Waals surface area contributed by atoms with Crippen LogP contribution in [0, 0.1) is 5.92 Å². The molecule has 2 aromatic carbocycles. The zero-order valence-corrected chi connectivity index (χ0v) is 17.6. The molecule has 32 heavy (non-hydrogen) atoms. The summed E-state index contributed by atoms with van der Waals surface area (Å²) in [5.41, 5.74) is 8.81. The number of aliphatic carboxylic acids is 1. The number of rotatable bonds is 5. The molecule has 5 rings (SSSR count). The topological polar surface area (TPSA) is 111 Å². The Morgan fingerprint density at radius 3 is 2.59 bits per heavy atom. The number of carboxylic acids is 1. The third-order valence-electron chi connectivity index (χ3n) is 6.46. The summed E-state index contributed by atoms with van der Waals surface area (Å²) in [7, 11) is 0. The molecule has 0 bridgehead atoms. The normalized spacial score (nSPS) is 20.9. The molecule has 2 aliphatic heterocycles. The number of aliphatic hydroxyl groups is 1. The zero-order valence-electron chi connectivity index (χ0n) is 17.6. The van der Waals surface area contributed by atoms with Gasteiger partial charge in [-0.2, -0.15) is 0 Å². The Balaban J connectivity index is 1.51. The van der Waals surface area contributed by atoms with Gasteiger partial charge in [0.25, 0.3) is 0 Å². The summed E-state index contributed by atoms with van der Waals surface area (Å²) >= 11 is 0. The van der Waals surface area contributed by atoms with Crippen molar-refractivity contribution >= 4 is 33.9 Å². The predicted molar refractivity (Wildman–Crippen MR) is 116 cm³/mol. The van der Waals surface area contributed by atoms with Gasteiger partial charge in [-0.3, -0.25) is 4.79 Å². The van der Waals surface area contributed by atoms with Gasteiger partial charge in [0.05, 0.1) is 29.7 Å². The lowest BCUT2D eigenvalue weighted by atomic mass is 9.82. The van der Waals surface area contributed by atoms with Crippen LogP contribution < -0.4 is 15.4 Å². The van der Waals surface area contributed by atoms with Gasteiger partial charge in [0, 0.05) is 23.4 Å². The van der Waals surface area contributed by atoms with Crippen molar-refractivity contribution < 1.29 is 24.4 Å². The minimum atomic E-state index is -1.37. The number of nitrogens with zero attached hydrogens (tertiary/aromatic N) is 2. The number of fused-ring (bicyclic) bond motifs is 2. The summed E-state index contributed by atoms with van der Waals surface area (Å²) in [5.74, 6) is -2.30. The lowest BCUT2D eigenvalue weighted by Crippen LogP contribution is -2.62. The van der Waals surface area contributed by atoms with E-state index in [1.54, 1.807) is 6.92 Å². The number of aromatic nitrogens is 1. The number of benzene rings is 2. The first-order chi connectivity index (χ1) is 15.3. The number of nitrogen functional groups attached to an aromatic ring is 1. The highest BCUT2D eigenvalue weighted by Gasteiger charge is 2.55. The van der Waals surface area contributed by atoms with E-state index in [9.17, 15) is 19.8 Å². The average molecular weight is 429 g/mol. The lowest BCUT2D eigenvalue weighted by molar-refractivity contribution is -0.688. The number of hydrogen-bond acceptors (Lipinski definition) is 5. The maximum Gasteiger partial charge on any atom is 0.235 e. The van der Waals surface area contributed by atoms with E-state index in [1.165, 1.54) is 4.90 Å². The van der Waals surface area contributed by atoms with Gasteiger partial charge in [0.2, 0.25) is 5.91 Å². The van der Waals surface area contributed by atoms with Crippen LogP contribution in [0.5, 0.6) is 0 Å². The molecule has 1 fully saturated rings. The summed E-state index contributed by atoms with van der Waals surface area (Å²) in [6.07, 6.45) is 3.41. The van der Waals surface area contributed by atoms with E-state index >= 15 is 0 Å². The summed E-state index contributed by atoms with van der Waals surface area (Å²) in [4.78, 5) is 25.6. The second-order valence-corrected chi connectivity index (χ2v) is 8.56.